The lowest BCUT2D eigenvalue weighted by atomic mass is 9.82. The number of hydrogen-bond acceptors (Lipinski definition) is 2. The first-order valence-corrected chi connectivity index (χ1v) is 16.5. The molecule has 0 N–H and O–H groups in total. The SMILES string of the molecule is CC1(C)c2ccccc2-c2cc3c(cc21)c1c(n3-c2ccc(-c3cc(-c4ccccc4)nc(C4=CCCC=C4)n3)cc2)C=CCC1. The molecule has 6 aromatic rings. The molecule has 0 bridgehead atoms. The van der Waals surface area contributed by atoms with Gasteiger partial charge in [-0.15, -0.1) is 0 Å². The van der Waals surface area contributed by atoms with E-state index in [1.807, 2.05) is 6.07 Å². The van der Waals surface area contributed by atoms with E-state index in [2.05, 4.69) is 140 Å². The number of aromatic nitrogens is 3. The lowest BCUT2D eigenvalue weighted by molar-refractivity contribution is 0.661. The van der Waals surface area contributed by atoms with Gasteiger partial charge in [-0.25, -0.2) is 9.97 Å². The minimum Gasteiger partial charge on any atom is -0.310 e. The summed E-state index contributed by atoms with van der Waals surface area (Å²) in [4.78, 5) is 10.1. The fourth-order valence-corrected chi connectivity index (χ4v) is 7.75. The van der Waals surface area contributed by atoms with Gasteiger partial charge in [0, 0.05) is 38.9 Å². The van der Waals surface area contributed by atoms with Gasteiger partial charge in [-0.05, 0) is 89.9 Å². The number of aryl methyl sites for hydroxylation is 1. The average Bonchev–Trinajstić information content (AvgIpc) is 3.56. The third kappa shape index (κ3) is 4.19. The summed E-state index contributed by atoms with van der Waals surface area (Å²) >= 11 is 0. The van der Waals surface area contributed by atoms with E-state index in [0.717, 1.165) is 59.6 Å². The van der Waals surface area contributed by atoms with Gasteiger partial charge in [-0.1, -0.05) is 105 Å². The van der Waals surface area contributed by atoms with Crippen molar-refractivity contribution in [3.05, 3.63) is 150 Å². The smallest absolute Gasteiger partial charge is 0.160 e. The van der Waals surface area contributed by atoms with Crippen LogP contribution in [-0.4, -0.2) is 14.5 Å². The minimum atomic E-state index is -0.0142. The molecule has 0 atom stereocenters. The summed E-state index contributed by atoms with van der Waals surface area (Å²) < 4.78 is 2.47. The molecule has 2 aromatic heterocycles. The minimum absolute atomic E-state index is 0.0142. The standard InChI is InChI=1S/C43H35N3/c1-43(2)36-19-11-9-17-32(36)34-26-41-35(25-37(34)43)33-18-10-12-20-40(33)46(41)31-23-21-29(22-24-31)39-27-38(28-13-5-3-6-14-28)44-42(45-39)30-15-7-4-8-16-30/h3,5-7,9,11-17,19-27H,4,8,10,18H2,1-2H3. The Labute approximate surface area is 270 Å². The van der Waals surface area contributed by atoms with Crippen LogP contribution in [0.15, 0.2) is 121 Å². The molecule has 3 nitrogen and oxygen atoms in total. The molecule has 46 heavy (non-hydrogen) atoms. The van der Waals surface area contributed by atoms with Crippen molar-refractivity contribution in [3.63, 3.8) is 0 Å². The Morgan fingerprint density at radius 1 is 0.652 bits per heavy atom. The Bertz CT molecular complexity index is 2260. The van der Waals surface area contributed by atoms with Gasteiger partial charge in [-0.2, -0.15) is 0 Å². The quantitative estimate of drug-likeness (QED) is 0.204. The molecular formula is C43H35N3. The van der Waals surface area contributed by atoms with Crippen LogP contribution in [0.1, 0.15) is 61.3 Å². The van der Waals surface area contributed by atoms with E-state index >= 15 is 0 Å². The molecule has 9 rings (SSSR count). The largest absolute Gasteiger partial charge is 0.310 e. The van der Waals surface area contributed by atoms with Gasteiger partial charge >= 0.3 is 0 Å². The monoisotopic (exact) mass is 593 g/mol. The van der Waals surface area contributed by atoms with Crippen LogP contribution in [0.3, 0.4) is 0 Å². The number of hydrogen-bond donors (Lipinski definition) is 0. The fraction of sp³-hybridized carbons (Fsp3) is 0.163. The fourth-order valence-electron chi connectivity index (χ4n) is 7.75. The Morgan fingerprint density at radius 2 is 1.39 bits per heavy atom. The van der Waals surface area contributed by atoms with Crippen LogP contribution in [0, 0.1) is 0 Å². The van der Waals surface area contributed by atoms with Gasteiger partial charge in [0.15, 0.2) is 5.82 Å². The predicted octanol–water partition coefficient (Wildman–Crippen LogP) is 10.8. The van der Waals surface area contributed by atoms with Crippen LogP contribution in [0.25, 0.3) is 61.9 Å². The predicted molar refractivity (Wildman–Crippen MR) is 191 cm³/mol. The maximum absolute atomic E-state index is 5.09. The lowest BCUT2D eigenvalue weighted by Gasteiger charge is -2.21. The van der Waals surface area contributed by atoms with Crippen molar-refractivity contribution in [2.24, 2.45) is 0 Å². The van der Waals surface area contributed by atoms with E-state index in [-0.39, 0.29) is 5.41 Å². The summed E-state index contributed by atoms with van der Waals surface area (Å²) in [7, 11) is 0. The first kappa shape index (κ1) is 27.1. The van der Waals surface area contributed by atoms with Crippen molar-refractivity contribution in [3.8, 4) is 39.3 Å². The molecule has 3 heteroatoms. The molecule has 0 saturated heterocycles. The first-order chi connectivity index (χ1) is 22.6. The van der Waals surface area contributed by atoms with Gasteiger partial charge < -0.3 is 4.57 Å². The summed E-state index contributed by atoms with van der Waals surface area (Å²) in [5.41, 5.74) is 15.9. The molecule has 0 spiro atoms. The Hall–Kier alpha value is -5.28. The van der Waals surface area contributed by atoms with Crippen LogP contribution in [0.5, 0.6) is 0 Å². The number of fused-ring (bicyclic) bond motifs is 6. The van der Waals surface area contributed by atoms with Gasteiger partial charge in [0.2, 0.25) is 0 Å². The second-order valence-electron chi connectivity index (χ2n) is 13.2. The zero-order valence-electron chi connectivity index (χ0n) is 26.3. The van der Waals surface area contributed by atoms with Crippen molar-refractivity contribution in [2.75, 3.05) is 0 Å². The van der Waals surface area contributed by atoms with E-state index in [0.29, 0.717) is 0 Å². The third-order valence-corrected chi connectivity index (χ3v) is 10.1. The van der Waals surface area contributed by atoms with Crippen molar-refractivity contribution >= 4 is 22.6 Å². The number of nitrogens with zero attached hydrogens (tertiary/aromatic N) is 3. The van der Waals surface area contributed by atoms with E-state index in [9.17, 15) is 0 Å². The zero-order chi connectivity index (χ0) is 30.8. The van der Waals surface area contributed by atoms with Crippen LogP contribution in [-0.2, 0) is 11.8 Å². The molecule has 0 unspecified atom stereocenters. The Kier molecular flexibility index (Phi) is 6.11. The maximum atomic E-state index is 5.09. The Morgan fingerprint density at radius 3 is 2.17 bits per heavy atom. The summed E-state index contributed by atoms with van der Waals surface area (Å²) in [6, 6.07) is 35.4. The van der Waals surface area contributed by atoms with Gasteiger partial charge in [-0.3, -0.25) is 0 Å². The molecule has 0 saturated carbocycles. The van der Waals surface area contributed by atoms with Crippen molar-refractivity contribution in [2.45, 2.75) is 44.9 Å². The molecule has 2 heterocycles. The van der Waals surface area contributed by atoms with Crippen LogP contribution >= 0.6 is 0 Å². The van der Waals surface area contributed by atoms with Crippen molar-refractivity contribution < 1.29 is 0 Å². The molecule has 0 radical (unpaired) electrons. The normalized spacial score (nSPS) is 15.8. The zero-order valence-corrected chi connectivity index (χ0v) is 26.3. The van der Waals surface area contributed by atoms with E-state index in [1.165, 1.54) is 50.1 Å². The van der Waals surface area contributed by atoms with Crippen molar-refractivity contribution in [1.82, 2.24) is 14.5 Å². The number of rotatable bonds is 4. The first-order valence-electron chi connectivity index (χ1n) is 16.5. The lowest BCUT2D eigenvalue weighted by Crippen LogP contribution is -2.14. The molecule has 222 valence electrons. The van der Waals surface area contributed by atoms with Crippen LogP contribution in [0.4, 0.5) is 0 Å². The maximum Gasteiger partial charge on any atom is 0.160 e. The molecule has 4 aromatic carbocycles. The molecule has 0 aliphatic heterocycles. The number of allylic oxidation sites excluding steroid dienone is 5. The molecule has 3 aliphatic carbocycles. The summed E-state index contributed by atoms with van der Waals surface area (Å²) in [5, 5.41) is 1.38. The van der Waals surface area contributed by atoms with E-state index < -0.39 is 0 Å². The highest BCUT2D eigenvalue weighted by molar-refractivity contribution is 5.97. The van der Waals surface area contributed by atoms with Crippen molar-refractivity contribution in [1.29, 1.82) is 0 Å². The highest BCUT2D eigenvalue weighted by Gasteiger charge is 2.36. The highest BCUT2D eigenvalue weighted by atomic mass is 15.0. The second-order valence-corrected chi connectivity index (χ2v) is 13.2. The topological polar surface area (TPSA) is 30.7 Å². The van der Waals surface area contributed by atoms with Crippen LogP contribution in [0.2, 0.25) is 0 Å². The van der Waals surface area contributed by atoms with Gasteiger partial charge in [0.25, 0.3) is 0 Å². The summed E-state index contributed by atoms with van der Waals surface area (Å²) in [5.74, 6) is 0.782. The van der Waals surface area contributed by atoms with Gasteiger partial charge in [0.05, 0.1) is 16.9 Å². The van der Waals surface area contributed by atoms with E-state index in [4.69, 9.17) is 9.97 Å². The number of benzene rings is 4. The van der Waals surface area contributed by atoms with E-state index in [1.54, 1.807) is 0 Å². The molecule has 3 aliphatic rings. The third-order valence-electron chi connectivity index (χ3n) is 10.1. The molecule has 0 fully saturated rings. The summed E-state index contributed by atoms with van der Waals surface area (Å²) in [6.07, 6.45) is 15.5. The summed E-state index contributed by atoms with van der Waals surface area (Å²) in [6.45, 7) is 4.74. The molecular weight excluding hydrogens is 558 g/mol. The van der Waals surface area contributed by atoms with Gasteiger partial charge in [0.1, 0.15) is 0 Å². The Balaban J connectivity index is 1.19. The molecule has 0 amide bonds. The van der Waals surface area contributed by atoms with Crippen LogP contribution < -0.4 is 0 Å². The average molecular weight is 594 g/mol. The second kappa shape index (κ2) is 10.4. The highest BCUT2D eigenvalue weighted by Crippen LogP contribution is 2.51.